The molecule has 1 aliphatic rings. The molecular weight excluding hydrogens is 377 g/mol. The molecule has 152 valence electrons. The molecule has 1 fully saturated rings. The lowest BCUT2D eigenvalue weighted by Crippen LogP contribution is -2.37. The second-order valence-electron chi connectivity index (χ2n) is 7.54. The van der Waals surface area contributed by atoms with E-state index in [4.69, 9.17) is 0 Å². The number of rotatable bonds is 7. The van der Waals surface area contributed by atoms with Crippen LogP contribution in [0.3, 0.4) is 0 Å². The van der Waals surface area contributed by atoms with Crippen LogP contribution >= 0.6 is 11.8 Å². The number of carbonyl (C=O) groups excluding carboxylic acids is 1. The summed E-state index contributed by atoms with van der Waals surface area (Å²) in [7, 11) is 3.94. The molecule has 1 aromatic carbocycles. The number of benzene rings is 1. The van der Waals surface area contributed by atoms with Crippen molar-refractivity contribution in [2.24, 2.45) is 0 Å². The number of aromatic nitrogens is 3. The number of nitrogens with one attached hydrogen (secondary N) is 1. The fraction of sp³-hybridized carbons (Fsp3) is 0.550. The van der Waals surface area contributed by atoms with E-state index in [1.807, 2.05) is 37.4 Å². The lowest BCUT2D eigenvalue weighted by atomic mass is 10.2. The van der Waals surface area contributed by atoms with Crippen molar-refractivity contribution in [3.05, 3.63) is 35.9 Å². The van der Waals surface area contributed by atoms with E-state index >= 15 is 0 Å². The van der Waals surface area contributed by atoms with Crippen LogP contribution in [0, 0.1) is 5.82 Å². The second-order valence-corrected chi connectivity index (χ2v) is 8.85. The van der Waals surface area contributed by atoms with Gasteiger partial charge < -0.3 is 5.32 Å². The lowest BCUT2D eigenvalue weighted by molar-refractivity contribution is -0.120. The Labute approximate surface area is 169 Å². The summed E-state index contributed by atoms with van der Waals surface area (Å²) >= 11 is 1.38. The summed E-state index contributed by atoms with van der Waals surface area (Å²) in [6.07, 6.45) is 4.47. The van der Waals surface area contributed by atoms with E-state index in [0.29, 0.717) is 5.16 Å². The normalized spacial score (nSPS) is 17.1. The molecule has 1 saturated carbocycles. The van der Waals surface area contributed by atoms with Gasteiger partial charge in [0.25, 0.3) is 0 Å². The van der Waals surface area contributed by atoms with Crippen molar-refractivity contribution in [2.75, 3.05) is 14.1 Å². The molecule has 1 amide bonds. The number of halogens is 1. The van der Waals surface area contributed by atoms with Crippen LogP contribution in [0.2, 0.25) is 0 Å². The van der Waals surface area contributed by atoms with Gasteiger partial charge in [-0.2, -0.15) is 0 Å². The Hall–Kier alpha value is -1.93. The van der Waals surface area contributed by atoms with Crippen molar-refractivity contribution in [1.82, 2.24) is 25.0 Å². The number of nitrogens with zero attached hydrogens (tertiary/aromatic N) is 4. The van der Waals surface area contributed by atoms with Crippen LogP contribution in [-0.2, 0) is 4.79 Å². The van der Waals surface area contributed by atoms with E-state index < -0.39 is 0 Å². The van der Waals surface area contributed by atoms with Crippen LogP contribution in [0.5, 0.6) is 0 Å². The fourth-order valence-electron chi connectivity index (χ4n) is 3.29. The third kappa shape index (κ3) is 4.72. The predicted molar refractivity (Wildman–Crippen MR) is 109 cm³/mol. The first-order chi connectivity index (χ1) is 13.4. The summed E-state index contributed by atoms with van der Waals surface area (Å²) in [5, 5.41) is 12.2. The molecule has 2 atom stereocenters. The zero-order valence-electron chi connectivity index (χ0n) is 16.9. The van der Waals surface area contributed by atoms with Crippen molar-refractivity contribution < 1.29 is 9.18 Å². The highest BCUT2D eigenvalue weighted by molar-refractivity contribution is 8.00. The quantitative estimate of drug-likeness (QED) is 0.714. The number of thioether (sulfide) groups is 1. The van der Waals surface area contributed by atoms with E-state index in [9.17, 15) is 9.18 Å². The number of carbonyl (C=O) groups is 1. The van der Waals surface area contributed by atoms with Gasteiger partial charge >= 0.3 is 0 Å². The van der Waals surface area contributed by atoms with Crippen LogP contribution in [0.15, 0.2) is 29.4 Å². The summed E-state index contributed by atoms with van der Waals surface area (Å²) in [6, 6.07) is 6.55. The average molecular weight is 406 g/mol. The Kier molecular flexibility index (Phi) is 6.72. The first-order valence-corrected chi connectivity index (χ1v) is 10.6. The van der Waals surface area contributed by atoms with E-state index in [0.717, 1.165) is 24.4 Å². The van der Waals surface area contributed by atoms with Crippen molar-refractivity contribution in [3.63, 3.8) is 0 Å². The van der Waals surface area contributed by atoms with Gasteiger partial charge in [0.1, 0.15) is 5.82 Å². The predicted octanol–water partition coefficient (Wildman–Crippen LogP) is 3.57. The number of hydrogen-bond acceptors (Lipinski definition) is 5. The largest absolute Gasteiger partial charge is 0.352 e. The van der Waals surface area contributed by atoms with Crippen LogP contribution in [0.1, 0.15) is 51.4 Å². The van der Waals surface area contributed by atoms with Crippen LogP contribution < -0.4 is 5.32 Å². The van der Waals surface area contributed by atoms with Gasteiger partial charge in [-0.25, -0.2) is 4.39 Å². The molecule has 0 spiro atoms. The summed E-state index contributed by atoms with van der Waals surface area (Å²) in [5.41, 5.74) is 0.779. The van der Waals surface area contributed by atoms with Gasteiger partial charge in [-0.15, -0.1) is 10.2 Å². The van der Waals surface area contributed by atoms with E-state index in [2.05, 4.69) is 15.5 Å². The summed E-state index contributed by atoms with van der Waals surface area (Å²) in [5.74, 6) is 0.479. The highest BCUT2D eigenvalue weighted by Crippen LogP contribution is 2.29. The summed E-state index contributed by atoms with van der Waals surface area (Å²) < 4.78 is 15.3. The SMILES string of the molecule is C[C@H](c1nnc(S[C@H](C)C(=O)NC2CCCC2)n1-c1ccc(F)cc1)N(C)C. The molecule has 1 aliphatic carbocycles. The highest BCUT2D eigenvalue weighted by Gasteiger charge is 2.26. The molecule has 0 radical (unpaired) electrons. The third-order valence-corrected chi connectivity index (χ3v) is 6.29. The molecule has 3 rings (SSSR count). The molecule has 0 unspecified atom stereocenters. The molecule has 8 heteroatoms. The van der Waals surface area contributed by atoms with Gasteiger partial charge in [0, 0.05) is 11.7 Å². The van der Waals surface area contributed by atoms with Gasteiger partial charge in [-0.05, 0) is 65.0 Å². The van der Waals surface area contributed by atoms with Gasteiger partial charge in [0.15, 0.2) is 11.0 Å². The van der Waals surface area contributed by atoms with Crippen LogP contribution in [-0.4, -0.2) is 51.0 Å². The zero-order valence-corrected chi connectivity index (χ0v) is 17.7. The molecule has 6 nitrogen and oxygen atoms in total. The number of amides is 1. The zero-order chi connectivity index (χ0) is 20.3. The maximum atomic E-state index is 13.4. The summed E-state index contributed by atoms with van der Waals surface area (Å²) in [4.78, 5) is 14.6. The Morgan fingerprint density at radius 2 is 1.86 bits per heavy atom. The Morgan fingerprint density at radius 1 is 1.21 bits per heavy atom. The second kappa shape index (κ2) is 9.05. The summed E-state index contributed by atoms with van der Waals surface area (Å²) in [6.45, 7) is 3.92. The topological polar surface area (TPSA) is 63.1 Å². The molecule has 2 aromatic rings. The van der Waals surface area contributed by atoms with Gasteiger partial charge in [-0.1, -0.05) is 24.6 Å². The van der Waals surface area contributed by atoms with Crippen molar-refractivity contribution >= 4 is 17.7 Å². The lowest BCUT2D eigenvalue weighted by Gasteiger charge is -2.21. The Morgan fingerprint density at radius 3 is 2.46 bits per heavy atom. The van der Waals surface area contributed by atoms with Gasteiger partial charge in [0.05, 0.1) is 11.3 Å². The fourth-order valence-corrected chi connectivity index (χ4v) is 4.18. The first kappa shape index (κ1) is 20.8. The minimum absolute atomic E-state index is 0.00882. The Balaban J connectivity index is 1.85. The molecule has 0 aliphatic heterocycles. The van der Waals surface area contributed by atoms with E-state index in [1.54, 1.807) is 12.1 Å². The van der Waals surface area contributed by atoms with Gasteiger partial charge in [-0.3, -0.25) is 14.3 Å². The maximum absolute atomic E-state index is 13.4. The Bertz CT molecular complexity index is 801. The smallest absolute Gasteiger partial charge is 0.233 e. The van der Waals surface area contributed by atoms with E-state index in [-0.39, 0.29) is 29.1 Å². The average Bonchev–Trinajstić information content (AvgIpc) is 3.31. The first-order valence-electron chi connectivity index (χ1n) is 9.71. The van der Waals surface area contributed by atoms with Gasteiger partial charge in [0.2, 0.25) is 5.91 Å². The van der Waals surface area contributed by atoms with Crippen LogP contribution in [0.4, 0.5) is 4.39 Å². The molecule has 28 heavy (non-hydrogen) atoms. The molecule has 0 bridgehead atoms. The van der Waals surface area contributed by atoms with E-state index in [1.165, 1.54) is 36.7 Å². The number of hydrogen-bond donors (Lipinski definition) is 1. The van der Waals surface area contributed by atoms with Crippen LogP contribution in [0.25, 0.3) is 5.69 Å². The molecule has 1 aromatic heterocycles. The van der Waals surface area contributed by atoms with Crippen molar-refractivity contribution in [1.29, 1.82) is 0 Å². The molecular formula is C20H28FN5OS. The third-order valence-electron chi connectivity index (χ3n) is 5.24. The standard InChI is InChI=1S/C20H28FN5OS/c1-13(25(3)4)18-23-24-20(26(18)17-11-9-15(21)10-12-17)28-14(2)19(27)22-16-7-5-6-8-16/h9-14,16H,5-8H2,1-4H3,(H,22,27)/t13-,14-/m1/s1. The monoisotopic (exact) mass is 405 g/mol. The highest BCUT2D eigenvalue weighted by atomic mass is 32.2. The molecule has 1 heterocycles. The van der Waals surface area contributed by atoms with Crippen molar-refractivity contribution in [3.8, 4) is 5.69 Å². The maximum Gasteiger partial charge on any atom is 0.233 e. The minimum Gasteiger partial charge on any atom is -0.352 e. The molecule has 1 N–H and O–H groups in total. The minimum atomic E-state index is -0.300. The molecule has 0 saturated heterocycles. The van der Waals surface area contributed by atoms with Crippen molar-refractivity contribution in [2.45, 2.75) is 62.0 Å².